The summed E-state index contributed by atoms with van der Waals surface area (Å²) in [5.74, 6) is -0.340. The molecule has 36 heavy (non-hydrogen) atoms. The fourth-order valence-corrected chi connectivity index (χ4v) is 4.55. The Balaban J connectivity index is 1.41. The van der Waals surface area contributed by atoms with Crippen LogP contribution in [0, 0.1) is 3.57 Å². The summed E-state index contributed by atoms with van der Waals surface area (Å²) in [6.45, 7) is 1.93. The van der Waals surface area contributed by atoms with Crippen LogP contribution in [0.4, 0.5) is 10.5 Å². The highest BCUT2D eigenvalue weighted by molar-refractivity contribution is 14.1. The average Bonchev–Trinajstić information content (AvgIpc) is 3.12. The summed E-state index contributed by atoms with van der Waals surface area (Å²) >= 11 is 8.33. The van der Waals surface area contributed by atoms with Gasteiger partial charge in [-0.2, -0.15) is 0 Å². The van der Waals surface area contributed by atoms with Gasteiger partial charge in [-0.3, -0.25) is 9.59 Å². The van der Waals surface area contributed by atoms with E-state index < -0.39 is 17.8 Å². The molecule has 0 aromatic heterocycles. The maximum Gasteiger partial charge on any atom is 0.329 e. The minimum absolute atomic E-state index is 0.0993. The quantitative estimate of drug-likeness (QED) is 0.196. The van der Waals surface area contributed by atoms with Crippen molar-refractivity contribution in [1.29, 1.82) is 0 Å². The van der Waals surface area contributed by atoms with E-state index in [9.17, 15) is 14.4 Å². The van der Waals surface area contributed by atoms with Gasteiger partial charge in [-0.05, 0) is 70.5 Å². The Morgan fingerprint density at radius 3 is 2.53 bits per heavy atom. The Kier molecular flexibility index (Phi) is 8.27. The van der Waals surface area contributed by atoms with Gasteiger partial charge in [0, 0.05) is 16.3 Å². The normalized spacial score (nSPS) is 14.2. The summed E-state index contributed by atoms with van der Waals surface area (Å²) in [4.78, 5) is 38.7. The summed E-state index contributed by atoms with van der Waals surface area (Å²) in [7, 11) is 0. The first-order valence-electron chi connectivity index (χ1n) is 11.2. The Morgan fingerprint density at radius 1 is 1.08 bits per heavy atom. The van der Waals surface area contributed by atoms with Gasteiger partial charge in [0.15, 0.2) is 0 Å². The van der Waals surface area contributed by atoms with E-state index in [2.05, 4.69) is 33.2 Å². The van der Waals surface area contributed by atoms with Crippen molar-refractivity contribution in [2.24, 2.45) is 0 Å². The third-order valence-corrected chi connectivity index (χ3v) is 6.76. The number of carbonyl (C=O) groups excluding carboxylic acids is 3. The first-order chi connectivity index (χ1) is 17.4. The molecule has 1 saturated heterocycles. The number of rotatable bonds is 8. The molecule has 0 atom stereocenters. The molecule has 0 bridgehead atoms. The largest absolute Gasteiger partial charge is 0.488 e. The third-order valence-electron chi connectivity index (χ3n) is 5.54. The standard InChI is InChI=1S/C27H23ClIN3O4/c1-2-18-7-4-6-10-22(18)30-25(33)15-32-26(34)23(31-27(32)35)14-17-11-12-24(21(29)13-17)36-16-19-8-3-5-9-20(19)28/h3-14H,2,15-16H2,1H3,(H,30,33)(H,31,35)/b23-14+. The number of nitrogens with zero attached hydrogens (tertiary/aromatic N) is 1. The topological polar surface area (TPSA) is 87.7 Å². The van der Waals surface area contributed by atoms with Crippen LogP contribution in [0.15, 0.2) is 72.4 Å². The molecule has 1 aliphatic heterocycles. The number of urea groups is 1. The Hall–Kier alpha value is -3.37. The second-order valence-electron chi connectivity index (χ2n) is 8.01. The molecule has 2 N–H and O–H groups in total. The average molecular weight is 616 g/mol. The molecule has 3 aromatic carbocycles. The van der Waals surface area contributed by atoms with Crippen molar-refractivity contribution >= 4 is 63.8 Å². The molecule has 1 fully saturated rings. The molecule has 0 spiro atoms. The highest BCUT2D eigenvalue weighted by Crippen LogP contribution is 2.26. The lowest BCUT2D eigenvalue weighted by Crippen LogP contribution is -2.38. The molecule has 4 amide bonds. The molecule has 1 aliphatic rings. The van der Waals surface area contributed by atoms with Crippen molar-refractivity contribution in [2.75, 3.05) is 11.9 Å². The number of hydrogen-bond donors (Lipinski definition) is 2. The summed E-state index contributed by atoms with van der Waals surface area (Å²) in [6, 6.07) is 19.7. The predicted molar refractivity (Wildman–Crippen MR) is 148 cm³/mol. The van der Waals surface area contributed by atoms with Gasteiger partial charge in [0.2, 0.25) is 5.91 Å². The number of amides is 4. The van der Waals surface area contributed by atoms with Crippen LogP contribution in [0.2, 0.25) is 5.02 Å². The molecule has 9 heteroatoms. The molecule has 3 aromatic rings. The zero-order chi connectivity index (χ0) is 25.7. The first kappa shape index (κ1) is 25.7. The van der Waals surface area contributed by atoms with E-state index in [4.69, 9.17) is 16.3 Å². The van der Waals surface area contributed by atoms with Gasteiger partial charge in [-0.25, -0.2) is 9.69 Å². The highest BCUT2D eigenvalue weighted by Gasteiger charge is 2.35. The van der Waals surface area contributed by atoms with Crippen molar-refractivity contribution in [3.63, 3.8) is 0 Å². The van der Waals surface area contributed by atoms with Crippen molar-refractivity contribution in [3.8, 4) is 5.75 Å². The SMILES string of the molecule is CCc1ccccc1NC(=O)CN1C(=O)N/C(=C/c2ccc(OCc3ccccc3Cl)c(I)c2)C1=O. The van der Waals surface area contributed by atoms with Gasteiger partial charge in [0.25, 0.3) is 5.91 Å². The smallest absolute Gasteiger partial charge is 0.329 e. The lowest BCUT2D eigenvalue weighted by molar-refractivity contribution is -0.127. The Labute approximate surface area is 227 Å². The summed E-state index contributed by atoms with van der Waals surface area (Å²) < 4.78 is 6.72. The molecular weight excluding hydrogens is 593 g/mol. The van der Waals surface area contributed by atoms with Crippen LogP contribution in [-0.4, -0.2) is 29.3 Å². The molecule has 0 saturated carbocycles. The number of halogens is 2. The van der Waals surface area contributed by atoms with Crippen molar-refractivity contribution in [3.05, 3.63) is 97.7 Å². The van der Waals surface area contributed by atoms with E-state index >= 15 is 0 Å². The zero-order valence-electron chi connectivity index (χ0n) is 19.4. The number of carbonyl (C=O) groups is 3. The number of aryl methyl sites for hydroxylation is 1. The van der Waals surface area contributed by atoms with Gasteiger partial charge in [0.05, 0.1) is 3.57 Å². The van der Waals surface area contributed by atoms with Gasteiger partial charge >= 0.3 is 6.03 Å². The van der Waals surface area contributed by atoms with Crippen molar-refractivity contribution < 1.29 is 19.1 Å². The van der Waals surface area contributed by atoms with Crippen LogP contribution < -0.4 is 15.4 Å². The summed E-state index contributed by atoms with van der Waals surface area (Å²) in [5.41, 5.74) is 3.32. The maximum absolute atomic E-state index is 12.8. The number of nitrogens with one attached hydrogen (secondary N) is 2. The van der Waals surface area contributed by atoms with Crippen LogP contribution in [0.5, 0.6) is 5.75 Å². The van der Waals surface area contributed by atoms with Gasteiger partial charge in [0.1, 0.15) is 24.6 Å². The molecule has 0 aliphatic carbocycles. The second-order valence-corrected chi connectivity index (χ2v) is 9.58. The summed E-state index contributed by atoms with van der Waals surface area (Å²) in [5, 5.41) is 5.97. The van der Waals surface area contributed by atoms with Gasteiger partial charge in [-0.1, -0.05) is 61.0 Å². The van der Waals surface area contributed by atoms with Crippen molar-refractivity contribution in [2.45, 2.75) is 20.0 Å². The number of imide groups is 1. The zero-order valence-corrected chi connectivity index (χ0v) is 22.3. The van der Waals surface area contributed by atoms with Crippen LogP contribution >= 0.6 is 34.2 Å². The fraction of sp³-hybridized carbons (Fsp3) is 0.148. The van der Waals surface area contributed by atoms with Crippen LogP contribution in [0.1, 0.15) is 23.6 Å². The number of hydrogen-bond acceptors (Lipinski definition) is 4. The van der Waals surface area contributed by atoms with Crippen LogP contribution in [0.25, 0.3) is 6.08 Å². The predicted octanol–water partition coefficient (Wildman–Crippen LogP) is 5.62. The molecule has 4 rings (SSSR count). The minimum Gasteiger partial charge on any atom is -0.488 e. The van der Waals surface area contributed by atoms with Crippen LogP contribution in [-0.2, 0) is 22.6 Å². The fourth-order valence-electron chi connectivity index (χ4n) is 3.66. The first-order valence-corrected chi connectivity index (χ1v) is 12.7. The maximum atomic E-state index is 12.8. The molecule has 184 valence electrons. The lowest BCUT2D eigenvalue weighted by Gasteiger charge is -2.13. The monoisotopic (exact) mass is 615 g/mol. The van der Waals surface area contributed by atoms with Gasteiger partial charge in [-0.15, -0.1) is 0 Å². The lowest BCUT2D eigenvalue weighted by atomic mass is 10.1. The second kappa shape index (κ2) is 11.6. The number of ether oxygens (including phenoxy) is 1. The molecule has 7 nitrogen and oxygen atoms in total. The Bertz CT molecular complexity index is 1360. The van der Waals surface area contributed by atoms with Gasteiger partial charge < -0.3 is 15.4 Å². The molecule has 0 radical (unpaired) electrons. The summed E-state index contributed by atoms with van der Waals surface area (Å²) in [6.07, 6.45) is 2.32. The third kappa shape index (κ3) is 6.06. The molecule has 0 unspecified atom stereocenters. The van der Waals surface area contributed by atoms with E-state index in [0.717, 1.165) is 26.0 Å². The van der Waals surface area contributed by atoms with E-state index in [0.29, 0.717) is 28.6 Å². The van der Waals surface area contributed by atoms with Crippen molar-refractivity contribution in [1.82, 2.24) is 10.2 Å². The minimum atomic E-state index is -0.639. The highest BCUT2D eigenvalue weighted by atomic mass is 127. The van der Waals surface area contributed by atoms with E-state index in [1.807, 2.05) is 55.5 Å². The number of benzene rings is 3. The molecule has 1 heterocycles. The number of anilines is 1. The molecular formula is C27H23ClIN3O4. The number of para-hydroxylation sites is 1. The van der Waals surface area contributed by atoms with E-state index in [1.54, 1.807) is 24.3 Å². The van der Waals surface area contributed by atoms with E-state index in [-0.39, 0.29) is 12.2 Å². The van der Waals surface area contributed by atoms with E-state index in [1.165, 1.54) is 0 Å². The Morgan fingerprint density at radius 2 is 1.81 bits per heavy atom. The van der Waals surface area contributed by atoms with Crippen LogP contribution in [0.3, 0.4) is 0 Å².